The van der Waals surface area contributed by atoms with E-state index in [0.717, 1.165) is 68.6 Å². The average molecular weight is 528 g/mol. The summed E-state index contributed by atoms with van der Waals surface area (Å²) in [4.78, 5) is 18.9. The molecule has 39 heavy (non-hydrogen) atoms. The molecule has 2 fully saturated rings. The number of ether oxygens (including phenoxy) is 2. The number of imidazole rings is 1. The van der Waals surface area contributed by atoms with Gasteiger partial charge in [0.25, 0.3) is 0 Å². The second-order valence-corrected chi connectivity index (χ2v) is 9.95. The molecule has 2 atom stereocenters. The van der Waals surface area contributed by atoms with Crippen LogP contribution in [0.2, 0.25) is 0 Å². The maximum absolute atomic E-state index is 14.2. The summed E-state index contributed by atoms with van der Waals surface area (Å²) >= 11 is 0. The summed E-state index contributed by atoms with van der Waals surface area (Å²) < 4.78 is 28.0. The molecule has 1 aromatic carbocycles. The molecule has 3 aromatic heterocycles. The van der Waals surface area contributed by atoms with Crippen molar-refractivity contribution in [1.29, 1.82) is 5.26 Å². The first-order valence-corrected chi connectivity index (χ1v) is 13.3. The molecular formula is C29H30FN7O2. The molecule has 0 bridgehead atoms. The molecule has 0 N–H and O–H groups in total. The predicted octanol–water partition coefficient (Wildman–Crippen LogP) is 4.09. The zero-order valence-electron chi connectivity index (χ0n) is 21.8. The molecule has 1 unspecified atom stereocenters. The van der Waals surface area contributed by atoms with Gasteiger partial charge in [-0.2, -0.15) is 10.2 Å². The minimum absolute atomic E-state index is 0.0427. The number of halogens is 1. The van der Waals surface area contributed by atoms with Crippen molar-refractivity contribution in [3.63, 3.8) is 0 Å². The standard InChI is InChI=1S/C29H30FN7O2/c1-20(28-33-25-4-3-10-32-29(25)37(28)18-23-9-15-38-23)35-11-13-36(14-12-35)26-5-2-6-27(34-26)39-19-22-8-7-21(17-31)16-24(22)30/h2-8,10,16,20,23H,9,11-15,18-19H2,1H3/t20?,23-/m0/s1. The van der Waals surface area contributed by atoms with Gasteiger partial charge in [0.05, 0.1) is 30.3 Å². The summed E-state index contributed by atoms with van der Waals surface area (Å²) in [6.45, 7) is 7.21. The van der Waals surface area contributed by atoms with Crippen LogP contribution in [-0.4, -0.2) is 63.3 Å². The van der Waals surface area contributed by atoms with Crippen LogP contribution in [0.5, 0.6) is 5.88 Å². The van der Waals surface area contributed by atoms with E-state index in [4.69, 9.17) is 19.7 Å². The number of nitriles is 1. The highest BCUT2D eigenvalue weighted by molar-refractivity contribution is 5.71. The van der Waals surface area contributed by atoms with Gasteiger partial charge in [-0.3, -0.25) is 4.90 Å². The highest BCUT2D eigenvalue weighted by atomic mass is 19.1. The Kier molecular flexibility index (Phi) is 7.09. The highest BCUT2D eigenvalue weighted by Gasteiger charge is 2.29. The first kappa shape index (κ1) is 25.2. The maximum atomic E-state index is 14.2. The number of nitrogens with zero attached hydrogens (tertiary/aromatic N) is 7. The van der Waals surface area contributed by atoms with Crippen LogP contribution in [0.25, 0.3) is 11.2 Å². The van der Waals surface area contributed by atoms with E-state index in [9.17, 15) is 4.39 Å². The molecular weight excluding hydrogens is 497 g/mol. The molecule has 0 spiro atoms. The fourth-order valence-corrected chi connectivity index (χ4v) is 5.15. The average Bonchev–Trinajstić information content (AvgIpc) is 3.32. The molecule has 5 heterocycles. The van der Waals surface area contributed by atoms with Crippen molar-refractivity contribution in [3.8, 4) is 11.9 Å². The van der Waals surface area contributed by atoms with Gasteiger partial charge in [0.2, 0.25) is 5.88 Å². The largest absolute Gasteiger partial charge is 0.473 e. The van der Waals surface area contributed by atoms with Crippen molar-refractivity contribution in [2.24, 2.45) is 0 Å². The number of benzene rings is 1. The van der Waals surface area contributed by atoms with Gasteiger partial charge in [-0.1, -0.05) is 12.1 Å². The molecule has 2 aliphatic rings. The van der Waals surface area contributed by atoms with Crippen molar-refractivity contribution in [2.75, 3.05) is 37.7 Å². The van der Waals surface area contributed by atoms with Gasteiger partial charge in [0.1, 0.15) is 29.6 Å². The van der Waals surface area contributed by atoms with E-state index in [2.05, 4.69) is 31.3 Å². The third kappa shape index (κ3) is 5.28. The van der Waals surface area contributed by atoms with Gasteiger partial charge < -0.3 is 18.9 Å². The topological polar surface area (TPSA) is 92.3 Å². The molecule has 200 valence electrons. The van der Waals surface area contributed by atoms with Crippen LogP contribution in [0.1, 0.15) is 36.3 Å². The fourth-order valence-electron chi connectivity index (χ4n) is 5.15. The number of rotatable bonds is 8. The van der Waals surface area contributed by atoms with E-state index in [1.54, 1.807) is 18.2 Å². The molecule has 0 aliphatic carbocycles. The first-order chi connectivity index (χ1) is 19.1. The van der Waals surface area contributed by atoms with E-state index < -0.39 is 5.82 Å². The zero-order chi connectivity index (χ0) is 26.8. The van der Waals surface area contributed by atoms with Gasteiger partial charge in [-0.15, -0.1) is 0 Å². The van der Waals surface area contributed by atoms with Crippen LogP contribution >= 0.6 is 0 Å². The Bertz CT molecular complexity index is 1510. The Morgan fingerprint density at radius 3 is 2.72 bits per heavy atom. The van der Waals surface area contributed by atoms with Gasteiger partial charge in [-0.05, 0) is 43.7 Å². The third-order valence-electron chi connectivity index (χ3n) is 7.54. The van der Waals surface area contributed by atoms with Crippen LogP contribution in [0.15, 0.2) is 54.7 Å². The molecule has 6 rings (SSSR count). The van der Waals surface area contributed by atoms with Crippen LogP contribution in [0, 0.1) is 17.1 Å². The minimum atomic E-state index is -0.458. The van der Waals surface area contributed by atoms with Crippen molar-refractivity contribution in [1.82, 2.24) is 24.4 Å². The first-order valence-electron chi connectivity index (χ1n) is 13.3. The van der Waals surface area contributed by atoms with Crippen molar-refractivity contribution in [3.05, 3.63) is 77.5 Å². The van der Waals surface area contributed by atoms with Gasteiger partial charge in [-0.25, -0.2) is 14.4 Å². The normalized spacial score (nSPS) is 18.5. The van der Waals surface area contributed by atoms with Crippen LogP contribution in [-0.2, 0) is 17.9 Å². The van der Waals surface area contributed by atoms with Gasteiger partial charge in [0, 0.05) is 50.6 Å². The summed E-state index contributed by atoms with van der Waals surface area (Å²) in [6, 6.07) is 16.0. The summed E-state index contributed by atoms with van der Waals surface area (Å²) in [5, 5.41) is 8.93. The van der Waals surface area contributed by atoms with E-state index in [1.165, 1.54) is 6.07 Å². The number of anilines is 1. The second-order valence-electron chi connectivity index (χ2n) is 9.95. The summed E-state index contributed by atoms with van der Waals surface area (Å²) in [6.07, 6.45) is 3.11. The quantitative estimate of drug-likeness (QED) is 0.338. The molecule has 2 saturated heterocycles. The highest BCUT2D eigenvalue weighted by Crippen LogP contribution is 2.28. The lowest BCUT2D eigenvalue weighted by Crippen LogP contribution is -2.48. The number of piperazine rings is 1. The number of hydrogen-bond acceptors (Lipinski definition) is 8. The van der Waals surface area contributed by atoms with Crippen molar-refractivity contribution in [2.45, 2.75) is 38.6 Å². The SMILES string of the molecule is CC(c1nc2cccnc2n1C[C@@H]1CCO1)N1CCN(c2cccc(OCc3ccc(C#N)cc3F)n2)CC1. The second kappa shape index (κ2) is 11.0. The van der Waals surface area contributed by atoms with E-state index in [-0.39, 0.29) is 24.3 Å². The number of aromatic nitrogens is 4. The Balaban J connectivity index is 1.10. The molecule has 0 saturated carbocycles. The van der Waals surface area contributed by atoms with Gasteiger partial charge >= 0.3 is 0 Å². The minimum Gasteiger partial charge on any atom is -0.473 e. The number of pyridine rings is 2. The van der Waals surface area contributed by atoms with Crippen LogP contribution < -0.4 is 9.64 Å². The molecule has 2 aliphatic heterocycles. The Hall–Kier alpha value is -4.07. The fraction of sp³-hybridized carbons (Fsp3) is 0.379. The summed E-state index contributed by atoms with van der Waals surface area (Å²) in [7, 11) is 0. The van der Waals surface area contributed by atoms with Gasteiger partial charge in [0.15, 0.2) is 5.65 Å². The Morgan fingerprint density at radius 1 is 1.13 bits per heavy atom. The summed E-state index contributed by atoms with van der Waals surface area (Å²) in [5.41, 5.74) is 2.50. The lowest BCUT2D eigenvalue weighted by molar-refractivity contribution is -0.0594. The molecule has 10 heteroatoms. The van der Waals surface area contributed by atoms with E-state index in [1.807, 2.05) is 36.5 Å². The Morgan fingerprint density at radius 2 is 1.97 bits per heavy atom. The lowest BCUT2D eigenvalue weighted by atomic mass is 10.1. The van der Waals surface area contributed by atoms with Crippen molar-refractivity contribution < 1.29 is 13.9 Å². The van der Waals surface area contributed by atoms with E-state index in [0.29, 0.717) is 11.4 Å². The molecule has 0 amide bonds. The van der Waals surface area contributed by atoms with E-state index >= 15 is 0 Å². The molecule has 4 aromatic rings. The monoisotopic (exact) mass is 527 g/mol. The third-order valence-corrected chi connectivity index (χ3v) is 7.54. The smallest absolute Gasteiger partial charge is 0.215 e. The lowest BCUT2D eigenvalue weighted by Gasteiger charge is -2.38. The number of fused-ring (bicyclic) bond motifs is 1. The summed E-state index contributed by atoms with van der Waals surface area (Å²) in [5.74, 6) is 1.83. The Labute approximate surface area is 226 Å². The van der Waals surface area contributed by atoms with Crippen LogP contribution in [0.3, 0.4) is 0 Å². The molecule has 0 radical (unpaired) electrons. The maximum Gasteiger partial charge on any atom is 0.215 e. The predicted molar refractivity (Wildman–Crippen MR) is 144 cm³/mol. The zero-order valence-corrected chi connectivity index (χ0v) is 21.8. The van der Waals surface area contributed by atoms with Crippen LogP contribution in [0.4, 0.5) is 10.2 Å². The molecule has 9 nitrogen and oxygen atoms in total. The number of hydrogen-bond donors (Lipinski definition) is 0. The van der Waals surface area contributed by atoms with Crippen molar-refractivity contribution >= 4 is 17.0 Å².